The first-order valence-electron chi connectivity index (χ1n) is 12.0. The lowest BCUT2D eigenvalue weighted by molar-refractivity contribution is -0.141. The van der Waals surface area contributed by atoms with Crippen molar-refractivity contribution >= 4 is 47.3 Å². The van der Waals surface area contributed by atoms with Crippen molar-refractivity contribution < 1.29 is 47.8 Å². The average Bonchev–Trinajstić information content (AvgIpc) is 2.76. The predicted molar refractivity (Wildman–Crippen MR) is 127 cm³/mol. The van der Waals surface area contributed by atoms with Crippen molar-refractivity contribution in [2.24, 2.45) is 0 Å². The van der Waals surface area contributed by atoms with Crippen LogP contribution in [0.3, 0.4) is 0 Å². The molecule has 0 spiro atoms. The van der Waals surface area contributed by atoms with E-state index in [1.54, 1.807) is 13.8 Å². The molecule has 10 nitrogen and oxygen atoms in total. The summed E-state index contributed by atoms with van der Waals surface area (Å²) in [5.74, 6) is -5.14. The zero-order valence-corrected chi connectivity index (χ0v) is 19.4. The molecule has 0 aliphatic heterocycles. The first-order chi connectivity index (χ1) is 17.1. The number of nitrogens with one attached hydrogen (secondary N) is 2. The summed E-state index contributed by atoms with van der Waals surface area (Å²) >= 11 is 2.18. The summed E-state index contributed by atoms with van der Waals surface area (Å²) in [5.41, 5.74) is 1.21. The van der Waals surface area contributed by atoms with E-state index in [4.69, 9.17) is 23.5 Å². The molecule has 0 bridgehead atoms. The van der Waals surface area contributed by atoms with Crippen molar-refractivity contribution in [1.29, 1.82) is 0 Å². The minimum Gasteiger partial charge on any atom is -0.480 e. The van der Waals surface area contributed by atoms with Crippen molar-refractivity contribution in [3.63, 3.8) is 0 Å². The fraction of sp³-hybridized carbons (Fsp3) is 0.600. The number of carbonyl (C=O) groups excluding carboxylic acids is 2. The highest BCUT2D eigenvalue weighted by Crippen LogP contribution is 2.18. The third-order valence-electron chi connectivity index (χ3n) is 3.52. The number of carbonyl (C=O) groups is 4. The Morgan fingerprint density at radius 2 is 1.38 bits per heavy atom. The Kier molecular flexibility index (Phi) is 11.9. The molecule has 184 valence electrons. The van der Waals surface area contributed by atoms with E-state index >= 15 is 0 Å². The van der Waals surface area contributed by atoms with Crippen molar-refractivity contribution in [2.45, 2.75) is 51.0 Å². The number of hydrogen-bond donors (Lipinski definition) is 6. The normalized spacial score (nSPS) is 17.5. The van der Waals surface area contributed by atoms with Gasteiger partial charge in [-0.1, -0.05) is 24.3 Å². The summed E-state index contributed by atoms with van der Waals surface area (Å²) in [6.07, 6.45) is -0.766. The number of hydrogen-bond acceptors (Lipinski definition) is 8. The van der Waals surface area contributed by atoms with Gasteiger partial charge in [0.05, 0.1) is 12.7 Å². The van der Waals surface area contributed by atoms with Crippen LogP contribution >= 0.6 is 23.5 Å². The number of carboxylic acid groups (broad SMARTS) is 2. The second-order valence-corrected chi connectivity index (χ2v) is 8.79. The van der Waals surface area contributed by atoms with Gasteiger partial charge in [-0.3, -0.25) is 9.59 Å². The number of carboxylic acids is 2. The number of aliphatic hydroxyl groups excluding tert-OH is 2. The van der Waals surface area contributed by atoms with Crippen molar-refractivity contribution in [1.82, 2.24) is 10.6 Å². The molecule has 0 rings (SSSR count). The third-order valence-corrected chi connectivity index (χ3v) is 6.12. The molecule has 6 N–H and O–H groups in total. The molecule has 0 heterocycles. The average molecular weight is 501 g/mol. The Morgan fingerprint density at radius 3 is 1.72 bits per heavy atom. The Labute approximate surface area is 205 Å². The summed E-state index contributed by atoms with van der Waals surface area (Å²) in [4.78, 5) is 44.2. The van der Waals surface area contributed by atoms with Crippen LogP contribution < -0.4 is 10.6 Å². The first kappa shape index (κ1) is 21.8. The molecule has 0 radical (unpaired) electrons. The van der Waals surface area contributed by atoms with E-state index in [0.29, 0.717) is 11.1 Å². The van der Waals surface area contributed by atoms with E-state index in [9.17, 15) is 24.3 Å². The quantitative estimate of drug-likeness (QED) is 0.184. The molecule has 0 aromatic heterocycles. The van der Waals surface area contributed by atoms with Gasteiger partial charge >= 0.3 is 11.9 Å². The smallest absolute Gasteiger partial charge is 0.327 e. The van der Waals surface area contributed by atoms with Crippen LogP contribution in [-0.4, -0.2) is 91.5 Å². The van der Waals surface area contributed by atoms with Gasteiger partial charge in [0, 0.05) is 44.4 Å². The molecular formula is C20H34N2O8S2. The van der Waals surface area contributed by atoms with E-state index in [0.717, 1.165) is 23.5 Å². The van der Waals surface area contributed by atoms with Gasteiger partial charge in [-0.25, -0.2) is 9.59 Å². The molecule has 0 aromatic rings. The second kappa shape index (κ2) is 17.5. The molecule has 0 saturated carbocycles. The number of aliphatic hydroxyl groups is 2. The topological polar surface area (TPSA) is 173 Å². The van der Waals surface area contributed by atoms with E-state index < -0.39 is 55.6 Å². The monoisotopic (exact) mass is 500 g/mol. The summed E-state index contributed by atoms with van der Waals surface area (Å²) in [6.45, 7) is 4.53. The Bertz CT molecular complexity index is 854. The standard InChI is InChI=1S/2C10H17NO4S/c1-6(2)9(4-12)16-5-8(10(14)15)11-7(3)13;1-6(2)9(13)5-16-4-8(10(14)15)11-7(3)12/h8-9,12H,1,4-5H2,2-3H3,(H,11,13)(H,14,15);8-9,13H,1,4-5H2,2-3H3,(H,11,12)(H,14,15)/t2*8-,9?/m00/s1/i2*3D3. The molecule has 0 aliphatic carbocycles. The zero-order valence-electron chi connectivity index (χ0n) is 23.8. The highest BCUT2D eigenvalue weighted by molar-refractivity contribution is 8.00. The van der Waals surface area contributed by atoms with Gasteiger partial charge < -0.3 is 31.1 Å². The Morgan fingerprint density at radius 1 is 0.906 bits per heavy atom. The fourth-order valence-corrected chi connectivity index (χ4v) is 3.81. The molecule has 12 heteroatoms. The maximum Gasteiger partial charge on any atom is 0.327 e. The first-order valence-corrected chi connectivity index (χ1v) is 11.2. The molecule has 4 atom stereocenters. The molecule has 0 fully saturated rings. The van der Waals surface area contributed by atoms with Gasteiger partial charge in [-0.15, -0.1) is 11.8 Å². The van der Waals surface area contributed by atoms with Crippen LogP contribution in [0.1, 0.15) is 35.8 Å². The fourth-order valence-electron chi connectivity index (χ4n) is 1.67. The lowest BCUT2D eigenvalue weighted by Crippen LogP contribution is -2.42. The SMILES string of the molecule is [2H]C([2H])([2H])C(=O)N[C@@H](CSC(CO)C(=C)C)C(=O)O.[2H]C([2H])([2H])C(=O)N[C@@H](CSCC(O)C(=C)C)C(=O)O. The molecule has 32 heavy (non-hydrogen) atoms. The highest BCUT2D eigenvalue weighted by Gasteiger charge is 2.21. The number of thioether (sulfide) groups is 2. The molecule has 0 aliphatic rings. The molecular weight excluding hydrogens is 460 g/mol. The van der Waals surface area contributed by atoms with Crippen LogP contribution in [0, 0.1) is 0 Å². The zero-order chi connectivity index (χ0) is 30.4. The number of amides is 2. The lowest BCUT2D eigenvalue weighted by Gasteiger charge is -2.17. The largest absolute Gasteiger partial charge is 0.480 e. The Balaban J connectivity index is 0. The lowest BCUT2D eigenvalue weighted by atomic mass is 10.2. The van der Waals surface area contributed by atoms with Gasteiger partial charge in [0.15, 0.2) is 0 Å². The van der Waals surface area contributed by atoms with Crippen LogP contribution in [0.2, 0.25) is 0 Å². The predicted octanol–water partition coefficient (Wildman–Crippen LogP) is 0.492. The van der Waals surface area contributed by atoms with Gasteiger partial charge in [-0.2, -0.15) is 11.8 Å². The molecule has 0 aromatic carbocycles. The minimum absolute atomic E-state index is 0.0402. The maximum atomic E-state index is 11.2. The molecule has 2 amide bonds. The van der Waals surface area contributed by atoms with Crippen LogP contribution in [0.5, 0.6) is 0 Å². The minimum atomic E-state index is -2.89. The van der Waals surface area contributed by atoms with E-state index in [1.165, 1.54) is 0 Å². The maximum absolute atomic E-state index is 11.2. The van der Waals surface area contributed by atoms with Crippen LogP contribution in [0.25, 0.3) is 0 Å². The van der Waals surface area contributed by atoms with Crippen molar-refractivity contribution in [2.75, 3.05) is 23.9 Å². The summed E-state index contributed by atoms with van der Waals surface area (Å²) in [5, 5.41) is 39.8. The summed E-state index contributed by atoms with van der Waals surface area (Å²) < 4.78 is 41.1. The Hall–Kier alpha value is -2.02. The molecule has 0 saturated heterocycles. The van der Waals surface area contributed by atoms with E-state index in [1.807, 2.05) is 10.6 Å². The van der Waals surface area contributed by atoms with Gasteiger partial charge in [0.2, 0.25) is 11.8 Å². The van der Waals surface area contributed by atoms with Gasteiger partial charge in [0.1, 0.15) is 12.1 Å². The summed E-state index contributed by atoms with van der Waals surface area (Å²) in [7, 11) is 0. The van der Waals surface area contributed by atoms with Crippen molar-refractivity contribution in [3.8, 4) is 0 Å². The van der Waals surface area contributed by atoms with Gasteiger partial charge in [0.25, 0.3) is 0 Å². The highest BCUT2D eigenvalue weighted by atomic mass is 32.2. The number of rotatable bonds is 14. The van der Waals surface area contributed by atoms with E-state index in [2.05, 4.69) is 13.2 Å². The van der Waals surface area contributed by atoms with E-state index in [-0.39, 0.29) is 29.1 Å². The van der Waals surface area contributed by atoms with Crippen LogP contribution in [0.15, 0.2) is 24.3 Å². The van der Waals surface area contributed by atoms with Crippen LogP contribution in [0.4, 0.5) is 0 Å². The van der Waals surface area contributed by atoms with Crippen LogP contribution in [-0.2, 0) is 19.2 Å². The molecule has 2 unspecified atom stereocenters. The van der Waals surface area contributed by atoms with Crippen molar-refractivity contribution in [3.05, 3.63) is 24.3 Å². The number of aliphatic carboxylic acids is 2. The summed E-state index contributed by atoms with van der Waals surface area (Å²) in [6, 6.07) is -2.64. The van der Waals surface area contributed by atoms with Gasteiger partial charge in [-0.05, 0) is 13.8 Å². The third kappa shape index (κ3) is 16.6. The second-order valence-electron chi connectivity index (χ2n) is 6.48.